The molecule has 0 atom stereocenters. The molecule has 8 nitrogen and oxygen atoms in total. The maximum Gasteiger partial charge on any atom is 0.348 e. The zero-order chi connectivity index (χ0) is 21.2. The number of nitriles is 1. The van der Waals surface area contributed by atoms with Crippen molar-refractivity contribution in [1.29, 1.82) is 5.26 Å². The summed E-state index contributed by atoms with van der Waals surface area (Å²) in [5.41, 5.74) is 0.860. The standard InChI is InChI=1S/C21H20N2O6/c1-3-27-21(24)17(14-22)12-16-13-18(23(25)26)6-9-20(16)29-11-10-28-19-7-4-15(2)5-8-19/h4-9,12-13H,3,10-11H2,1-2H3. The number of carbonyl (C=O) groups excluding carboxylic acids is 1. The molecule has 0 aliphatic rings. The maximum atomic E-state index is 11.8. The van der Waals surface area contributed by atoms with Crippen LogP contribution < -0.4 is 9.47 Å². The fraction of sp³-hybridized carbons (Fsp3) is 0.238. The molecule has 0 unspecified atom stereocenters. The predicted molar refractivity (Wildman–Crippen MR) is 105 cm³/mol. The quantitative estimate of drug-likeness (QED) is 0.158. The van der Waals surface area contributed by atoms with Crippen molar-refractivity contribution in [2.24, 2.45) is 0 Å². The van der Waals surface area contributed by atoms with Crippen molar-refractivity contribution in [3.05, 3.63) is 69.3 Å². The third kappa shape index (κ3) is 6.36. The zero-order valence-corrected chi connectivity index (χ0v) is 16.1. The molecule has 0 spiro atoms. The largest absolute Gasteiger partial charge is 0.490 e. The summed E-state index contributed by atoms with van der Waals surface area (Å²) >= 11 is 0. The molecule has 2 aromatic carbocycles. The van der Waals surface area contributed by atoms with Crippen molar-refractivity contribution in [1.82, 2.24) is 0 Å². The summed E-state index contributed by atoms with van der Waals surface area (Å²) in [5.74, 6) is 0.160. The van der Waals surface area contributed by atoms with Crippen molar-refractivity contribution in [3.63, 3.8) is 0 Å². The normalized spacial score (nSPS) is 10.7. The van der Waals surface area contributed by atoms with E-state index in [1.54, 1.807) is 13.0 Å². The van der Waals surface area contributed by atoms with Crippen molar-refractivity contribution in [3.8, 4) is 17.6 Å². The number of aryl methyl sites for hydroxylation is 1. The number of benzene rings is 2. The van der Waals surface area contributed by atoms with E-state index in [2.05, 4.69) is 0 Å². The lowest BCUT2D eigenvalue weighted by molar-refractivity contribution is -0.384. The smallest absolute Gasteiger partial charge is 0.348 e. The fourth-order valence-electron chi connectivity index (χ4n) is 2.34. The molecule has 0 fully saturated rings. The Labute approximate surface area is 168 Å². The van der Waals surface area contributed by atoms with Crippen molar-refractivity contribution >= 4 is 17.7 Å². The Morgan fingerprint density at radius 1 is 1.17 bits per heavy atom. The molecule has 0 aliphatic heterocycles. The number of rotatable bonds is 9. The van der Waals surface area contributed by atoms with Crippen LogP contribution in [0.5, 0.6) is 11.5 Å². The van der Waals surface area contributed by atoms with Crippen LogP contribution in [0.4, 0.5) is 5.69 Å². The Morgan fingerprint density at radius 2 is 1.86 bits per heavy atom. The highest BCUT2D eigenvalue weighted by molar-refractivity contribution is 5.98. The molecule has 0 aromatic heterocycles. The number of hydrogen-bond acceptors (Lipinski definition) is 7. The number of nitro groups is 1. The minimum Gasteiger partial charge on any atom is -0.490 e. The number of nitrogens with zero attached hydrogens (tertiary/aromatic N) is 2. The summed E-state index contributed by atoms with van der Waals surface area (Å²) in [7, 11) is 0. The number of non-ortho nitro benzene ring substituents is 1. The van der Waals surface area contributed by atoms with Gasteiger partial charge in [0.15, 0.2) is 0 Å². The van der Waals surface area contributed by atoms with Crippen LogP contribution in [0.2, 0.25) is 0 Å². The minimum absolute atomic E-state index is 0.104. The van der Waals surface area contributed by atoms with Gasteiger partial charge in [0.05, 0.1) is 11.5 Å². The number of esters is 1. The van der Waals surface area contributed by atoms with Gasteiger partial charge in [-0.25, -0.2) is 4.79 Å². The van der Waals surface area contributed by atoms with Crippen LogP contribution in [0.1, 0.15) is 18.1 Å². The fourth-order valence-corrected chi connectivity index (χ4v) is 2.34. The van der Waals surface area contributed by atoms with Crippen LogP contribution in [-0.2, 0) is 9.53 Å². The summed E-state index contributed by atoms with van der Waals surface area (Å²) < 4.78 is 16.0. The zero-order valence-electron chi connectivity index (χ0n) is 16.1. The van der Waals surface area contributed by atoms with E-state index in [1.807, 2.05) is 31.2 Å². The summed E-state index contributed by atoms with van der Waals surface area (Å²) in [4.78, 5) is 22.3. The van der Waals surface area contributed by atoms with E-state index in [-0.39, 0.29) is 42.4 Å². The van der Waals surface area contributed by atoms with E-state index in [1.165, 1.54) is 24.3 Å². The van der Waals surface area contributed by atoms with E-state index in [9.17, 15) is 20.2 Å². The molecule has 2 rings (SSSR count). The molecule has 0 radical (unpaired) electrons. The molecular weight excluding hydrogens is 376 g/mol. The Hall–Kier alpha value is -3.86. The van der Waals surface area contributed by atoms with Crippen LogP contribution >= 0.6 is 0 Å². The first-order chi connectivity index (χ1) is 13.9. The molecule has 29 heavy (non-hydrogen) atoms. The third-order valence-corrected chi connectivity index (χ3v) is 3.75. The lowest BCUT2D eigenvalue weighted by Crippen LogP contribution is -2.10. The van der Waals surface area contributed by atoms with Crippen LogP contribution in [0.15, 0.2) is 48.0 Å². The lowest BCUT2D eigenvalue weighted by Gasteiger charge is -2.11. The Balaban J connectivity index is 2.15. The topological polar surface area (TPSA) is 112 Å². The van der Waals surface area contributed by atoms with Crippen LogP contribution in [0.3, 0.4) is 0 Å². The number of hydrogen-bond donors (Lipinski definition) is 0. The van der Waals surface area contributed by atoms with Gasteiger partial charge < -0.3 is 14.2 Å². The van der Waals surface area contributed by atoms with E-state index in [0.29, 0.717) is 5.75 Å². The molecule has 0 heterocycles. The van der Waals surface area contributed by atoms with Crippen LogP contribution in [-0.4, -0.2) is 30.7 Å². The second-order valence-corrected chi connectivity index (χ2v) is 5.88. The van der Waals surface area contributed by atoms with Gasteiger partial charge >= 0.3 is 5.97 Å². The predicted octanol–water partition coefficient (Wildman–Crippen LogP) is 3.83. The van der Waals surface area contributed by atoms with E-state index in [0.717, 1.165) is 5.56 Å². The molecule has 0 aliphatic carbocycles. The highest BCUT2D eigenvalue weighted by atomic mass is 16.6. The van der Waals surface area contributed by atoms with Gasteiger partial charge in [-0.15, -0.1) is 0 Å². The molecule has 0 bridgehead atoms. The van der Waals surface area contributed by atoms with E-state index < -0.39 is 10.9 Å². The highest BCUT2D eigenvalue weighted by Gasteiger charge is 2.15. The first kappa shape index (κ1) is 21.4. The molecule has 150 valence electrons. The SMILES string of the molecule is CCOC(=O)C(C#N)=Cc1cc([N+](=O)[O-])ccc1OCCOc1ccc(C)cc1. The second kappa shape index (κ2) is 10.5. The van der Waals surface area contributed by atoms with Gasteiger partial charge in [-0.2, -0.15) is 5.26 Å². The van der Waals surface area contributed by atoms with E-state index in [4.69, 9.17) is 14.2 Å². The molecule has 0 saturated carbocycles. The molecule has 8 heteroatoms. The molecule has 2 aromatic rings. The Kier molecular flexibility index (Phi) is 7.74. The van der Waals surface area contributed by atoms with Gasteiger partial charge in [0, 0.05) is 17.7 Å². The lowest BCUT2D eigenvalue weighted by atomic mass is 10.1. The molecular formula is C21H20N2O6. The Bertz CT molecular complexity index is 945. The first-order valence-electron chi connectivity index (χ1n) is 8.84. The van der Waals surface area contributed by atoms with Crippen molar-refractivity contribution in [2.45, 2.75) is 13.8 Å². The summed E-state index contributed by atoms with van der Waals surface area (Å²) in [6.45, 7) is 4.09. The van der Waals surface area contributed by atoms with Gasteiger partial charge in [0.1, 0.15) is 36.4 Å². The molecule has 0 amide bonds. The highest BCUT2D eigenvalue weighted by Crippen LogP contribution is 2.27. The molecule has 0 saturated heterocycles. The van der Waals surface area contributed by atoms with Gasteiger partial charge in [-0.1, -0.05) is 17.7 Å². The van der Waals surface area contributed by atoms with Gasteiger partial charge in [-0.05, 0) is 38.1 Å². The van der Waals surface area contributed by atoms with E-state index >= 15 is 0 Å². The van der Waals surface area contributed by atoms with Gasteiger partial charge in [-0.3, -0.25) is 10.1 Å². The van der Waals surface area contributed by atoms with Crippen LogP contribution in [0, 0.1) is 28.4 Å². The number of nitro benzene ring substituents is 1. The summed E-state index contributed by atoms with van der Waals surface area (Å²) in [6.07, 6.45) is 1.21. The summed E-state index contributed by atoms with van der Waals surface area (Å²) in [6, 6.07) is 13.2. The average molecular weight is 396 g/mol. The number of ether oxygens (including phenoxy) is 3. The number of carbonyl (C=O) groups is 1. The monoisotopic (exact) mass is 396 g/mol. The average Bonchev–Trinajstić information content (AvgIpc) is 2.71. The minimum atomic E-state index is -0.810. The van der Waals surface area contributed by atoms with Crippen molar-refractivity contribution in [2.75, 3.05) is 19.8 Å². The van der Waals surface area contributed by atoms with Gasteiger partial charge in [0.2, 0.25) is 0 Å². The Morgan fingerprint density at radius 3 is 2.48 bits per heavy atom. The summed E-state index contributed by atoms with van der Waals surface area (Å²) in [5, 5.41) is 20.3. The molecule has 0 N–H and O–H groups in total. The van der Waals surface area contributed by atoms with Crippen LogP contribution in [0.25, 0.3) is 6.08 Å². The third-order valence-electron chi connectivity index (χ3n) is 3.75. The maximum absolute atomic E-state index is 11.8. The van der Waals surface area contributed by atoms with Crippen molar-refractivity contribution < 1.29 is 23.9 Å². The van der Waals surface area contributed by atoms with Gasteiger partial charge in [0.25, 0.3) is 5.69 Å². The second-order valence-electron chi connectivity index (χ2n) is 5.88. The first-order valence-corrected chi connectivity index (χ1v) is 8.84.